The minimum Gasteiger partial charge on any atom is -0.269 e. The lowest BCUT2D eigenvalue weighted by Gasteiger charge is -2.21. The highest BCUT2D eigenvalue weighted by atomic mass is 15.3. The Morgan fingerprint density at radius 3 is 3.00 bits per heavy atom. The summed E-state index contributed by atoms with van der Waals surface area (Å²) in [5.74, 6) is 0. The van der Waals surface area contributed by atoms with Crippen LogP contribution >= 0.6 is 0 Å². The third-order valence-electron chi connectivity index (χ3n) is 3.00. The van der Waals surface area contributed by atoms with Gasteiger partial charge in [-0.25, -0.2) is 0 Å². The van der Waals surface area contributed by atoms with Gasteiger partial charge >= 0.3 is 0 Å². The highest BCUT2D eigenvalue weighted by Gasteiger charge is 2.24. The first kappa shape index (κ1) is 8.79. The van der Waals surface area contributed by atoms with Gasteiger partial charge in [0.1, 0.15) is 0 Å². The van der Waals surface area contributed by atoms with Crippen molar-refractivity contribution < 1.29 is 0 Å². The molecule has 1 aromatic heterocycles. The fourth-order valence-corrected chi connectivity index (χ4v) is 2.19. The molecule has 1 aliphatic heterocycles. The molecule has 0 aliphatic carbocycles. The van der Waals surface area contributed by atoms with Crippen LogP contribution in [0.3, 0.4) is 0 Å². The molecule has 0 radical (unpaired) electrons. The van der Waals surface area contributed by atoms with Crippen molar-refractivity contribution in [1.29, 1.82) is 0 Å². The lowest BCUT2D eigenvalue weighted by atomic mass is 9.88. The van der Waals surface area contributed by atoms with E-state index in [0.717, 1.165) is 6.54 Å². The molecular weight excluding hydrogens is 160 g/mol. The number of aromatic nitrogens is 2. The zero-order valence-electron chi connectivity index (χ0n) is 8.80. The van der Waals surface area contributed by atoms with E-state index in [-0.39, 0.29) is 0 Å². The molecule has 2 nitrogen and oxygen atoms in total. The van der Waals surface area contributed by atoms with Gasteiger partial charge in [-0.3, -0.25) is 4.68 Å². The molecule has 2 heteroatoms. The summed E-state index contributed by atoms with van der Waals surface area (Å²) in [6.45, 7) is 7.91. The average molecular weight is 178 g/mol. The number of nitrogens with zero attached hydrogens (tertiary/aromatic N) is 2. The van der Waals surface area contributed by atoms with Crippen LogP contribution in [0.1, 0.15) is 37.9 Å². The zero-order chi connectivity index (χ0) is 9.47. The normalized spacial score (nSPS) is 20.8. The van der Waals surface area contributed by atoms with Gasteiger partial charge in [0, 0.05) is 12.2 Å². The summed E-state index contributed by atoms with van der Waals surface area (Å²) in [5, 5.41) is 4.43. The molecule has 1 aromatic rings. The molecule has 0 aromatic carbocycles. The Morgan fingerprint density at radius 1 is 1.46 bits per heavy atom. The summed E-state index contributed by atoms with van der Waals surface area (Å²) in [5.41, 5.74) is 3.23. The quantitative estimate of drug-likeness (QED) is 0.597. The van der Waals surface area contributed by atoms with Crippen molar-refractivity contribution in [2.24, 2.45) is 5.41 Å². The summed E-state index contributed by atoms with van der Waals surface area (Å²) in [4.78, 5) is 0. The Bertz CT molecular complexity index is 310. The van der Waals surface area contributed by atoms with Gasteiger partial charge in [-0.2, -0.15) is 5.10 Å². The molecule has 2 rings (SSSR count). The molecule has 0 saturated heterocycles. The highest BCUT2D eigenvalue weighted by molar-refractivity contribution is 5.16. The van der Waals surface area contributed by atoms with Gasteiger partial charge in [0.05, 0.1) is 6.20 Å². The standard InChI is InChI=1S/C11H18N2/c1-9-7-12-13-8-11(2,3)6-4-5-10(9)13/h7H,4-6,8H2,1-3H3. The largest absolute Gasteiger partial charge is 0.269 e. The van der Waals surface area contributed by atoms with Crippen molar-refractivity contribution in [2.75, 3.05) is 0 Å². The second kappa shape index (κ2) is 2.86. The molecule has 0 amide bonds. The van der Waals surface area contributed by atoms with E-state index in [1.165, 1.54) is 30.5 Å². The van der Waals surface area contributed by atoms with E-state index in [0.29, 0.717) is 5.41 Å². The Labute approximate surface area is 80.0 Å². The van der Waals surface area contributed by atoms with Crippen molar-refractivity contribution in [3.63, 3.8) is 0 Å². The second-order valence-electron chi connectivity index (χ2n) is 4.95. The fraction of sp³-hybridized carbons (Fsp3) is 0.727. The van der Waals surface area contributed by atoms with E-state index in [2.05, 4.69) is 30.6 Å². The molecule has 13 heavy (non-hydrogen) atoms. The van der Waals surface area contributed by atoms with E-state index < -0.39 is 0 Å². The molecule has 0 spiro atoms. The maximum absolute atomic E-state index is 4.43. The maximum atomic E-state index is 4.43. The lowest BCUT2D eigenvalue weighted by Crippen LogP contribution is -2.18. The summed E-state index contributed by atoms with van der Waals surface area (Å²) in [7, 11) is 0. The van der Waals surface area contributed by atoms with Gasteiger partial charge in [0.15, 0.2) is 0 Å². The second-order valence-corrected chi connectivity index (χ2v) is 4.95. The van der Waals surface area contributed by atoms with E-state index in [1.54, 1.807) is 0 Å². The maximum Gasteiger partial charge on any atom is 0.0521 e. The summed E-state index contributed by atoms with van der Waals surface area (Å²) < 4.78 is 2.20. The van der Waals surface area contributed by atoms with E-state index in [9.17, 15) is 0 Å². The van der Waals surface area contributed by atoms with E-state index in [4.69, 9.17) is 0 Å². The predicted octanol–water partition coefficient (Wildman–Crippen LogP) is 2.55. The fourth-order valence-electron chi connectivity index (χ4n) is 2.19. The predicted molar refractivity (Wildman–Crippen MR) is 53.7 cm³/mol. The number of hydrogen-bond acceptors (Lipinski definition) is 1. The Kier molecular flexibility index (Phi) is 1.94. The average Bonchev–Trinajstić information content (AvgIpc) is 2.31. The number of hydrogen-bond donors (Lipinski definition) is 0. The summed E-state index contributed by atoms with van der Waals surface area (Å²) in [6.07, 6.45) is 5.82. The Hall–Kier alpha value is -0.790. The van der Waals surface area contributed by atoms with Crippen molar-refractivity contribution in [3.8, 4) is 0 Å². The minimum atomic E-state index is 0.420. The van der Waals surface area contributed by atoms with Crippen LogP contribution in [0.15, 0.2) is 6.20 Å². The topological polar surface area (TPSA) is 17.8 Å². The van der Waals surface area contributed by atoms with Crippen LogP contribution in [0.5, 0.6) is 0 Å². The SMILES string of the molecule is Cc1cnn2c1CCCC(C)(C)C2. The molecule has 0 unspecified atom stereocenters. The van der Waals surface area contributed by atoms with Crippen LogP contribution in [0.25, 0.3) is 0 Å². The number of aryl methyl sites for hydroxylation is 1. The number of fused-ring (bicyclic) bond motifs is 1. The van der Waals surface area contributed by atoms with Crippen LogP contribution in [0, 0.1) is 12.3 Å². The first-order chi connectivity index (χ1) is 6.08. The molecule has 0 atom stereocenters. The molecule has 0 fully saturated rings. The van der Waals surface area contributed by atoms with Gasteiger partial charge in [0.2, 0.25) is 0 Å². The first-order valence-electron chi connectivity index (χ1n) is 5.10. The van der Waals surface area contributed by atoms with Crippen LogP contribution in [0.2, 0.25) is 0 Å². The van der Waals surface area contributed by atoms with Gasteiger partial charge in [0.25, 0.3) is 0 Å². The Balaban J connectivity index is 2.35. The lowest BCUT2D eigenvalue weighted by molar-refractivity contribution is 0.277. The third-order valence-corrected chi connectivity index (χ3v) is 3.00. The van der Waals surface area contributed by atoms with E-state index in [1.807, 2.05) is 6.20 Å². The summed E-state index contributed by atoms with van der Waals surface area (Å²) >= 11 is 0. The van der Waals surface area contributed by atoms with Crippen LogP contribution in [0.4, 0.5) is 0 Å². The Morgan fingerprint density at radius 2 is 2.23 bits per heavy atom. The number of rotatable bonds is 0. The van der Waals surface area contributed by atoms with Crippen molar-refractivity contribution in [3.05, 3.63) is 17.5 Å². The zero-order valence-corrected chi connectivity index (χ0v) is 8.80. The molecule has 1 aliphatic rings. The summed E-state index contributed by atoms with van der Waals surface area (Å²) in [6, 6.07) is 0. The van der Waals surface area contributed by atoms with Gasteiger partial charge in [-0.1, -0.05) is 13.8 Å². The van der Waals surface area contributed by atoms with Gasteiger partial charge < -0.3 is 0 Å². The first-order valence-corrected chi connectivity index (χ1v) is 5.10. The van der Waals surface area contributed by atoms with Crippen molar-refractivity contribution in [2.45, 2.75) is 46.6 Å². The highest BCUT2D eigenvalue weighted by Crippen LogP contribution is 2.30. The molecule has 0 saturated carbocycles. The van der Waals surface area contributed by atoms with E-state index >= 15 is 0 Å². The van der Waals surface area contributed by atoms with Crippen molar-refractivity contribution in [1.82, 2.24) is 9.78 Å². The van der Waals surface area contributed by atoms with Crippen LogP contribution in [-0.4, -0.2) is 9.78 Å². The molecule has 2 heterocycles. The molecule has 72 valence electrons. The van der Waals surface area contributed by atoms with Gasteiger partial charge in [-0.05, 0) is 37.2 Å². The third kappa shape index (κ3) is 1.62. The molecular formula is C11H18N2. The smallest absolute Gasteiger partial charge is 0.0521 e. The molecule has 0 bridgehead atoms. The minimum absolute atomic E-state index is 0.420. The van der Waals surface area contributed by atoms with Gasteiger partial charge in [-0.15, -0.1) is 0 Å². The molecule has 0 N–H and O–H groups in total. The van der Waals surface area contributed by atoms with Crippen LogP contribution in [-0.2, 0) is 13.0 Å². The van der Waals surface area contributed by atoms with Crippen LogP contribution < -0.4 is 0 Å². The van der Waals surface area contributed by atoms with Crippen molar-refractivity contribution >= 4 is 0 Å². The monoisotopic (exact) mass is 178 g/mol.